The molecule has 10 rings (SSSR count). The molecule has 3 N–H and O–H groups in total. The van der Waals surface area contributed by atoms with Crippen molar-refractivity contribution in [3.63, 3.8) is 0 Å². The van der Waals surface area contributed by atoms with E-state index in [2.05, 4.69) is 170 Å². The SMILES string of the molecule is Cc1ccc2ccccc2c1.N=C(N=C(N)c1ccc2c(c1)C=CCC2)c1cccc(-c2cc3c4ccccc4c4ccccc4c3c3ccccc23)c1. The second-order valence-corrected chi connectivity index (χ2v) is 14.1. The summed E-state index contributed by atoms with van der Waals surface area (Å²) in [4.78, 5) is 4.54. The molecule has 3 nitrogen and oxygen atoms in total. The molecule has 3 heteroatoms. The monoisotopic (exact) mass is 693 g/mol. The third-order valence-electron chi connectivity index (χ3n) is 10.7. The molecule has 258 valence electrons. The molecule has 0 radical (unpaired) electrons. The highest BCUT2D eigenvalue weighted by atomic mass is 14.9. The summed E-state index contributed by atoms with van der Waals surface area (Å²) >= 11 is 0. The average Bonchev–Trinajstić information content (AvgIpc) is 3.23. The summed E-state index contributed by atoms with van der Waals surface area (Å²) in [7, 11) is 0. The van der Waals surface area contributed by atoms with Gasteiger partial charge in [0.05, 0.1) is 0 Å². The second kappa shape index (κ2) is 13.9. The molecule has 1 aliphatic rings. The molecular formula is C51H39N3. The zero-order chi connectivity index (χ0) is 36.6. The Morgan fingerprint density at radius 2 is 1.20 bits per heavy atom. The lowest BCUT2D eigenvalue weighted by atomic mass is 9.87. The third kappa shape index (κ3) is 6.10. The molecule has 0 fully saturated rings. The van der Waals surface area contributed by atoms with E-state index < -0.39 is 0 Å². The van der Waals surface area contributed by atoms with Crippen LogP contribution in [0, 0.1) is 12.3 Å². The highest BCUT2D eigenvalue weighted by Gasteiger charge is 2.16. The van der Waals surface area contributed by atoms with E-state index in [4.69, 9.17) is 11.1 Å². The van der Waals surface area contributed by atoms with Gasteiger partial charge in [0, 0.05) is 11.1 Å². The molecule has 0 saturated carbocycles. The van der Waals surface area contributed by atoms with Gasteiger partial charge in [-0.15, -0.1) is 0 Å². The van der Waals surface area contributed by atoms with Gasteiger partial charge in [-0.25, -0.2) is 4.99 Å². The number of rotatable bonds is 3. The van der Waals surface area contributed by atoms with Crippen molar-refractivity contribution in [2.24, 2.45) is 10.7 Å². The number of aliphatic imine (C=N–C) groups is 1. The maximum Gasteiger partial charge on any atom is 0.154 e. The lowest BCUT2D eigenvalue weighted by molar-refractivity contribution is 0.985. The van der Waals surface area contributed by atoms with E-state index in [-0.39, 0.29) is 5.84 Å². The Labute approximate surface area is 315 Å². The minimum Gasteiger partial charge on any atom is -0.383 e. The Morgan fingerprint density at radius 3 is 1.98 bits per heavy atom. The summed E-state index contributed by atoms with van der Waals surface area (Å²) in [5, 5.41) is 21.4. The largest absolute Gasteiger partial charge is 0.383 e. The number of aryl methyl sites for hydroxylation is 2. The van der Waals surface area contributed by atoms with Gasteiger partial charge < -0.3 is 5.73 Å². The summed E-state index contributed by atoms with van der Waals surface area (Å²) in [6.07, 6.45) is 6.44. The molecule has 0 bridgehead atoms. The summed E-state index contributed by atoms with van der Waals surface area (Å²) in [6.45, 7) is 2.12. The van der Waals surface area contributed by atoms with Crippen molar-refractivity contribution in [1.29, 1.82) is 5.41 Å². The van der Waals surface area contributed by atoms with Crippen LogP contribution in [-0.2, 0) is 6.42 Å². The normalized spacial score (nSPS) is 12.6. The smallest absolute Gasteiger partial charge is 0.154 e. The van der Waals surface area contributed by atoms with Crippen molar-refractivity contribution in [2.45, 2.75) is 19.8 Å². The minimum atomic E-state index is 0.147. The number of hydrogen-bond donors (Lipinski definition) is 2. The van der Waals surface area contributed by atoms with E-state index in [0.29, 0.717) is 5.84 Å². The standard InChI is InChI=1S/C40H29N3.C11H10/c41-39(43-40(42)29-21-20-25-10-1-2-11-26(25)22-29)28-13-9-12-27(23-28)36-24-37-32-16-4-3-14-30(32)31-15-5-7-18-34(31)38(37)35-19-8-6-17-33(35)36;1-9-6-7-10-4-2-3-5-11(10)8-9/h2-9,11-24H,1,10H2,(H3,41,42,43);2-8H,1H3. The molecule has 0 amide bonds. The summed E-state index contributed by atoms with van der Waals surface area (Å²) in [6, 6.07) is 57.6. The molecule has 0 aromatic heterocycles. The second-order valence-electron chi connectivity index (χ2n) is 14.1. The highest BCUT2D eigenvalue weighted by molar-refractivity contribution is 6.33. The molecule has 9 aromatic rings. The van der Waals surface area contributed by atoms with E-state index in [0.717, 1.165) is 35.1 Å². The van der Waals surface area contributed by atoms with Crippen molar-refractivity contribution in [1.82, 2.24) is 0 Å². The van der Waals surface area contributed by atoms with Gasteiger partial charge in [-0.1, -0.05) is 163 Å². The molecule has 54 heavy (non-hydrogen) atoms. The average molecular weight is 694 g/mol. The fraction of sp³-hybridized carbons (Fsp3) is 0.0588. The number of amidine groups is 2. The predicted octanol–water partition coefficient (Wildman–Crippen LogP) is 12.8. The molecule has 0 unspecified atom stereocenters. The van der Waals surface area contributed by atoms with Crippen LogP contribution in [0.3, 0.4) is 0 Å². The van der Waals surface area contributed by atoms with Crippen molar-refractivity contribution in [3.8, 4) is 11.1 Å². The molecule has 9 aromatic carbocycles. The Morgan fingerprint density at radius 1 is 0.556 bits per heavy atom. The maximum absolute atomic E-state index is 8.87. The first-order chi connectivity index (χ1) is 26.5. The lowest BCUT2D eigenvalue weighted by Gasteiger charge is -2.16. The van der Waals surface area contributed by atoms with Gasteiger partial charge in [0.15, 0.2) is 5.84 Å². The highest BCUT2D eigenvalue weighted by Crippen LogP contribution is 2.42. The number of nitrogens with zero attached hydrogens (tertiary/aromatic N) is 1. The Balaban J connectivity index is 0.000000299. The van der Waals surface area contributed by atoms with Gasteiger partial charge in [-0.3, -0.25) is 5.41 Å². The fourth-order valence-corrected chi connectivity index (χ4v) is 7.98. The van der Waals surface area contributed by atoms with Crippen LogP contribution in [0.25, 0.3) is 71.1 Å². The fourth-order valence-electron chi connectivity index (χ4n) is 7.98. The van der Waals surface area contributed by atoms with Crippen LogP contribution in [0.4, 0.5) is 0 Å². The molecule has 0 heterocycles. The van der Waals surface area contributed by atoms with Gasteiger partial charge in [-0.2, -0.15) is 0 Å². The van der Waals surface area contributed by atoms with Crippen LogP contribution < -0.4 is 5.73 Å². The van der Waals surface area contributed by atoms with Crippen LogP contribution >= 0.6 is 0 Å². The van der Waals surface area contributed by atoms with Crippen LogP contribution in [-0.4, -0.2) is 11.7 Å². The molecule has 0 atom stereocenters. The van der Waals surface area contributed by atoms with Gasteiger partial charge in [0.2, 0.25) is 0 Å². The van der Waals surface area contributed by atoms with Gasteiger partial charge in [-0.05, 0) is 114 Å². The molecule has 0 saturated heterocycles. The lowest BCUT2D eigenvalue weighted by Crippen LogP contribution is -2.16. The topological polar surface area (TPSA) is 62.2 Å². The number of benzene rings is 9. The Bertz CT molecular complexity index is 2990. The number of nitrogens with one attached hydrogen (secondary N) is 1. The van der Waals surface area contributed by atoms with Crippen molar-refractivity contribution < 1.29 is 0 Å². The first-order valence-electron chi connectivity index (χ1n) is 18.6. The van der Waals surface area contributed by atoms with Crippen LogP contribution in [0.1, 0.15) is 34.2 Å². The quantitative estimate of drug-likeness (QED) is 0.108. The molecular weight excluding hydrogens is 655 g/mol. The first kappa shape index (κ1) is 33.0. The first-order valence-corrected chi connectivity index (χ1v) is 18.6. The summed E-state index contributed by atoms with van der Waals surface area (Å²) in [5.74, 6) is 0.501. The van der Waals surface area contributed by atoms with Gasteiger partial charge in [0.1, 0.15) is 5.84 Å². The number of nitrogens with two attached hydrogens (primary N) is 1. The summed E-state index contributed by atoms with van der Waals surface area (Å²) < 4.78 is 0. The number of fused-ring (bicyclic) bond motifs is 10. The van der Waals surface area contributed by atoms with Crippen LogP contribution in [0.2, 0.25) is 0 Å². The van der Waals surface area contributed by atoms with E-state index >= 15 is 0 Å². The van der Waals surface area contributed by atoms with Gasteiger partial charge in [0.25, 0.3) is 0 Å². The zero-order valence-corrected chi connectivity index (χ0v) is 30.2. The third-order valence-corrected chi connectivity index (χ3v) is 10.7. The predicted molar refractivity (Wildman–Crippen MR) is 232 cm³/mol. The van der Waals surface area contributed by atoms with Crippen LogP contribution in [0.5, 0.6) is 0 Å². The molecule has 0 aliphatic heterocycles. The van der Waals surface area contributed by atoms with Crippen LogP contribution in [0.15, 0.2) is 175 Å². The van der Waals surface area contributed by atoms with E-state index in [9.17, 15) is 0 Å². The van der Waals surface area contributed by atoms with E-state index in [1.165, 1.54) is 70.6 Å². The van der Waals surface area contributed by atoms with Gasteiger partial charge >= 0.3 is 0 Å². The van der Waals surface area contributed by atoms with Crippen molar-refractivity contribution in [2.75, 3.05) is 0 Å². The summed E-state index contributed by atoms with van der Waals surface area (Å²) in [5.41, 5.74) is 14.0. The number of hydrogen-bond acceptors (Lipinski definition) is 1. The van der Waals surface area contributed by atoms with E-state index in [1.54, 1.807) is 0 Å². The molecule has 0 spiro atoms. The maximum atomic E-state index is 8.87. The molecule has 1 aliphatic carbocycles. The Kier molecular flexibility index (Phi) is 8.53. The van der Waals surface area contributed by atoms with Crippen molar-refractivity contribution in [3.05, 3.63) is 198 Å². The van der Waals surface area contributed by atoms with Crippen molar-refractivity contribution >= 4 is 71.6 Å². The minimum absolute atomic E-state index is 0.147. The van der Waals surface area contributed by atoms with E-state index in [1.807, 2.05) is 18.2 Å². The number of allylic oxidation sites excluding steroid dienone is 1. The zero-order valence-electron chi connectivity index (χ0n) is 30.2. The Hall–Kier alpha value is -6.84.